The number of hydrogen-bond donors (Lipinski definition) is 1. The van der Waals surface area contributed by atoms with Crippen LogP contribution in [0.1, 0.15) is 16.8 Å². The summed E-state index contributed by atoms with van der Waals surface area (Å²) in [6.07, 6.45) is 3.25. The summed E-state index contributed by atoms with van der Waals surface area (Å²) in [4.78, 5) is 43.3. The molecule has 1 aromatic heterocycles. The maximum atomic E-state index is 12.9. The normalized spacial score (nSPS) is 14.3. The Hall–Kier alpha value is -3.34. The Morgan fingerprint density at radius 1 is 1.22 bits per heavy atom. The van der Waals surface area contributed by atoms with Crippen molar-refractivity contribution < 1.29 is 23.9 Å². The number of anilines is 1. The fourth-order valence-corrected chi connectivity index (χ4v) is 5.03. The first-order valence-corrected chi connectivity index (χ1v) is 13.0. The van der Waals surface area contributed by atoms with Gasteiger partial charge in [0.15, 0.2) is 11.5 Å². The highest BCUT2D eigenvalue weighted by molar-refractivity contribution is 9.10. The zero-order valence-electron chi connectivity index (χ0n) is 19.8. The van der Waals surface area contributed by atoms with Gasteiger partial charge >= 0.3 is 0 Å². The third kappa shape index (κ3) is 6.51. The molecular formula is C26H21BrClN3O5S. The summed E-state index contributed by atoms with van der Waals surface area (Å²) in [7, 11) is 1.51. The van der Waals surface area contributed by atoms with Crippen LogP contribution in [0.15, 0.2) is 64.1 Å². The van der Waals surface area contributed by atoms with Crippen molar-refractivity contribution in [3.63, 3.8) is 0 Å². The summed E-state index contributed by atoms with van der Waals surface area (Å²) >= 11 is 10.3. The number of aromatic nitrogens is 1. The minimum absolute atomic E-state index is 0.188. The van der Waals surface area contributed by atoms with Crippen molar-refractivity contribution in [2.75, 3.05) is 19.0 Å². The topological polar surface area (TPSA) is 97.8 Å². The van der Waals surface area contributed by atoms with E-state index in [1.807, 2.05) is 25.1 Å². The highest BCUT2D eigenvalue weighted by Gasteiger charge is 2.36. The molecule has 190 valence electrons. The molecule has 2 aromatic carbocycles. The molecule has 1 aliphatic heterocycles. The zero-order valence-corrected chi connectivity index (χ0v) is 22.9. The predicted octanol–water partition coefficient (Wildman–Crippen LogP) is 6.07. The van der Waals surface area contributed by atoms with Gasteiger partial charge in [0.25, 0.3) is 11.1 Å². The third-order valence-corrected chi connectivity index (χ3v) is 7.02. The number of pyridine rings is 1. The Balaban J connectivity index is 1.47. The number of nitrogens with zero attached hydrogens (tertiary/aromatic N) is 2. The second-order valence-corrected chi connectivity index (χ2v) is 10.2. The van der Waals surface area contributed by atoms with Gasteiger partial charge in [-0.3, -0.25) is 24.3 Å². The highest BCUT2D eigenvalue weighted by atomic mass is 79.9. The fourth-order valence-electron chi connectivity index (χ4n) is 3.44. The molecule has 1 aliphatic rings. The third-order valence-electron chi connectivity index (χ3n) is 5.29. The Morgan fingerprint density at radius 3 is 2.76 bits per heavy atom. The maximum absolute atomic E-state index is 12.9. The number of carbonyl (C=O) groups excluding carboxylic acids is 3. The van der Waals surface area contributed by atoms with E-state index in [0.717, 1.165) is 27.9 Å². The van der Waals surface area contributed by atoms with E-state index in [2.05, 4.69) is 26.2 Å². The van der Waals surface area contributed by atoms with Gasteiger partial charge in [-0.05, 0) is 88.2 Å². The van der Waals surface area contributed by atoms with Gasteiger partial charge in [-0.25, -0.2) is 0 Å². The fraction of sp³-hybridized carbons (Fsp3) is 0.154. The van der Waals surface area contributed by atoms with E-state index in [9.17, 15) is 14.4 Å². The monoisotopic (exact) mass is 601 g/mol. The SMILES string of the molecule is COc1cc(/C=C2/SC(=O)N(CC(=O)Nc3cc(Cl)ccc3C)C2=O)cc(Br)c1OCc1ccccn1. The average Bonchev–Trinajstić information content (AvgIpc) is 3.13. The Morgan fingerprint density at radius 2 is 2.03 bits per heavy atom. The summed E-state index contributed by atoms with van der Waals surface area (Å²) in [6, 6.07) is 14.1. The molecule has 3 aromatic rings. The van der Waals surface area contributed by atoms with Gasteiger partial charge in [0.05, 0.1) is 22.2 Å². The molecule has 1 saturated heterocycles. The largest absolute Gasteiger partial charge is 0.493 e. The molecule has 3 amide bonds. The quantitative estimate of drug-likeness (QED) is 0.313. The molecule has 1 N–H and O–H groups in total. The Kier molecular flexibility index (Phi) is 8.52. The summed E-state index contributed by atoms with van der Waals surface area (Å²) in [5.74, 6) is -0.148. The average molecular weight is 603 g/mol. The summed E-state index contributed by atoms with van der Waals surface area (Å²) in [6.45, 7) is 1.64. The van der Waals surface area contributed by atoms with Gasteiger partial charge in [-0.15, -0.1) is 0 Å². The number of carbonyl (C=O) groups is 3. The number of amides is 3. The molecule has 1 fully saturated rings. The molecule has 8 nitrogen and oxygen atoms in total. The van der Waals surface area contributed by atoms with E-state index in [4.69, 9.17) is 21.1 Å². The Bertz CT molecular complexity index is 1400. The van der Waals surface area contributed by atoms with Crippen LogP contribution in [0.25, 0.3) is 6.08 Å². The minimum atomic E-state index is -0.557. The van der Waals surface area contributed by atoms with Crippen molar-refractivity contribution in [3.8, 4) is 11.5 Å². The maximum Gasteiger partial charge on any atom is 0.294 e. The molecule has 0 saturated carbocycles. The number of halogens is 2. The Labute approximate surface area is 231 Å². The molecular weight excluding hydrogens is 582 g/mol. The van der Waals surface area contributed by atoms with Gasteiger partial charge in [0, 0.05) is 16.9 Å². The van der Waals surface area contributed by atoms with E-state index >= 15 is 0 Å². The van der Waals surface area contributed by atoms with Crippen LogP contribution >= 0.6 is 39.3 Å². The number of methoxy groups -OCH3 is 1. The van der Waals surface area contributed by atoms with Crippen LogP contribution < -0.4 is 14.8 Å². The first-order valence-electron chi connectivity index (χ1n) is 11.0. The lowest BCUT2D eigenvalue weighted by atomic mass is 10.2. The number of benzene rings is 2. The molecule has 11 heteroatoms. The van der Waals surface area contributed by atoms with Crippen LogP contribution in [0.5, 0.6) is 11.5 Å². The van der Waals surface area contributed by atoms with Crippen molar-refractivity contribution >= 4 is 68.1 Å². The standard InChI is InChI=1S/C26H21BrClN3O5S/c1-15-6-7-17(28)12-20(15)30-23(32)13-31-25(33)22(37-26(31)34)11-16-9-19(27)24(21(10-16)35-2)36-14-18-5-3-4-8-29-18/h3-12H,13-14H2,1-2H3,(H,30,32)/b22-11+. The number of nitrogens with one attached hydrogen (secondary N) is 1. The first kappa shape index (κ1) is 26.7. The number of hydrogen-bond acceptors (Lipinski definition) is 7. The van der Waals surface area contributed by atoms with Gasteiger partial charge in [0.2, 0.25) is 5.91 Å². The number of thioether (sulfide) groups is 1. The van der Waals surface area contributed by atoms with Gasteiger partial charge < -0.3 is 14.8 Å². The second-order valence-electron chi connectivity index (χ2n) is 7.92. The molecule has 0 unspecified atom stereocenters. The van der Waals surface area contributed by atoms with E-state index in [1.165, 1.54) is 7.11 Å². The van der Waals surface area contributed by atoms with Crippen LogP contribution in [0.2, 0.25) is 5.02 Å². The highest BCUT2D eigenvalue weighted by Crippen LogP contribution is 2.39. The first-order chi connectivity index (χ1) is 17.7. The lowest BCUT2D eigenvalue weighted by Crippen LogP contribution is -2.36. The molecule has 0 atom stereocenters. The molecule has 4 rings (SSSR count). The van der Waals surface area contributed by atoms with Crippen molar-refractivity contribution in [1.29, 1.82) is 0 Å². The lowest BCUT2D eigenvalue weighted by Gasteiger charge is -2.14. The smallest absolute Gasteiger partial charge is 0.294 e. The van der Waals surface area contributed by atoms with Gasteiger partial charge in [0.1, 0.15) is 13.2 Å². The van der Waals surface area contributed by atoms with E-state index in [1.54, 1.807) is 42.6 Å². The summed E-state index contributed by atoms with van der Waals surface area (Å²) < 4.78 is 12.0. The summed E-state index contributed by atoms with van der Waals surface area (Å²) in [5, 5.41) is 2.63. The predicted molar refractivity (Wildman–Crippen MR) is 147 cm³/mol. The molecule has 2 heterocycles. The van der Waals surface area contributed by atoms with Crippen LogP contribution in [0.4, 0.5) is 10.5 Å². The molecule has 0 aliphatic carbocycles. The minimum Gasteiger partial charge on any atom is -0.493 e. The molecule has 0 bridgehead atoms. The number of imide groups is 1. The van der Waals surface area contributed by atoms with E-state index < -0.39 is 23.6 Å². The van der Waals surface area contributed by atoms with Gasteiger partial charge in [-0.1, -0.05) is 23.7 Å². The molecule has 0 spiro atoms. The van der Waals surface area contributed by atoms with Crippen molar-refractivity contribution in [2.45, 2.75) is 13.5 Å². The van der Waals surface area contributed by atoms with Crippen LogP contribution in [-0.4, -0.2) is 40.6 Å². The van der Waals surface area contributed by atoms with Crippen molar-refractivity contribution in [1.82, 2.24) is 9.88 Å². The van der Waals surface area contributed by atoms with Gasteiger partial charge in [-0.2, -0.15) is 0 Å². The second kappa shape index (κ2) is 11.8. The van der Waals surface area contributed by atoms with Crippen LogP contribution in [0.3, 0.4) is 0 Å². The van der Waals surface area contributed by atoms with Crippen LogP contribution in [0, 0.1) is 6.92 Å². The summed E-state index contributed by atoms with van der Waals surface area (Å²) in [5.41, 5.74) is 2.68. The van der Waals surface area contributed by atoms with Crippen LogP contribution in [-0.2, 0) is 16.2 Å². The van der Waals surface area contributed by atoms with Crippen molar-refractivity contribution in [2.24, 2.45) is 0 Å². The van der Waals surface area contributed by atoms with E-state index in [-0.39, 0.29) is 11.5 Å². The zero-order chi connectivity index (χ0) is 26.5. The lowest BCUT2D eigenvalue weighted by molar-refractivity contribution is -0.127. The number of ether oxygens (including phenoxy) is 2. The van der Waals surface area contributed by atoms with Crippen molar-refractivity contribution in [3.05, 3.63) is 85.9 Å². The number of rotatable bonds is 8. The molecule has 37 heavy (non-hydrogen) atoms. The molecule has 0 radical (unpaired) electrons. The van der Waals surface area contributed by atoms with E-state index in [0.29, 0.717) is 32.2 Å². The number of aryl methyl sites for hydroxylation is 1.